The van der Waals surface area contributed by atoms with Gasteiger partial charge in [-0.25, -0.2) is 0 Å². The van der Waals surface area contributed by atoms with Gasteiger partial charge in [0.2, 0.25) is 0 Å². The molecule has 0 bridgehead atoms. The Morgan fingerprint density at radius 3 is 1.29 bits per heavy atom. The molecule has 4 aromatic rings. The zero-order chi connectivity index (χ0) is 41.1. The first-order chi connectivity index (χ1) is 29.1. The van der Waals surface area contributed by atoms with Crippen LogP contribution in [0.25, 0.3) is 22.5 Å². The molecule has 2 aromatic carbocycles. The molecular formula is C52H72N2O5. The van der Waals surface area contributed by atoms with Crippen LogP contribution in [0.2, 0.25) is 0 Å². The topological polar surface area (TPSA) is 78.5 Å². The van der Waals surface area contributed by atoms with Crippen LogP contribution in [0.4, 0.5) is 0 Å². The highest BCUT2D eigenvalue weighted by molar-refractivity contribution is 5.65. The SMILES string of the molecule is CCCCCCCCOc1ccc(-c2ccc(Oc3ccc(-c4ccc(OCCCCCCCC)cn4)cc3C[C@@H]3O[C@H]3CCCC)c(C[C@@H]3O[C@H]3CCCC)c2)nc1. The van der Waals surface area contributed by atoms with Gasteiger partial charge in [-0.2, -0.15) is 0 Å². The third-order valence-electron chi connectivity index (χ3n) is 11.8. The fraction of sp³-hybridized carbons (Fsp3) is 0.577. The number of pyridine rings is 2. The molecule has 0 saturated carbocycles. The van der Waals surface area contributed by atoms with Gasteiger partial charge in [-0.1, -0.05) is 118 Å². The molecule has 0 spiro atoms. The van der Waals surface area contributed by atoms with E-state index in [9.17, 15) is 0 Å². The maximum atomic E-state index is 6.93. The Morgan fingerprint density at radius 1 is 0.458 bits per heavy atom. The highest BCUT2D eigenvalue weighted by atomic mass is 16.6. The van der Waals surface area contributed by atoms with Gasteiger partial charge in [0.1, 0.15) is 23.0 Å². The summed E-state index contributed by atoms with van der Waals surface area (Å²) >= 11 is 0. The van der Waals surface area contributed by atoms with Crippen molar-refractivity contribution >= 4 is 0 Å². The number of unbranched alkanes of at least 4 members (excludes halogenated alkanes) is 12. The van der Waals surface area contributed by atoms with E-state index in [1.165, 1.54) is 89.9 Å². The van der Waals surface area contributed by atoms with Gasteiger partial charge in [-0.05, 0) is 97.5 Å². The molecule has 7 heteroatoms. The summed E-state index contributed by atoms with van der Waals surface area (Å²) in [5.41, 5.74) is 6.23. The first-order valence-corrected chi connectivity index (χ1v) is 23.5. The Bertz CT molecular complexity index is 1660. The highest BCUT2D eigenvalue weighted by Gasteiger charge is 2.39. The Kier molecular flexibility index (Phi) is 18.4. The van der Waals surface area contributed by atoms with Crippen molar-refractivity contribution < 1.29 is 23.7 Å². The van der Waals surface area contributed by atoms with E-state index in [0.717, 1.165) is 108 Å². The summed E-state index contributed by atoms with van der Waals surface area (Å²) in [7, 11) is 0. The third kappa shape index (κ3) is 14.6. The average molecular weight is 805 g/mol. The van der Waals surface area contributed by atoms with E-state index < -0.39 is 0 Å². The van der Waals surface area contributed by atoms with Crippen molar-refractivity contribution in [2.75, 3.05) is 13.2 Å². The normalized spacial score (nSPS) is 18.2. The second kappa shape index (κ2) is 24.3. The number of hydrogen-bond acceptors (Lipinski definition) is 7. The second-order valence-corrected chi connectivity index (χ2v) is 16.9. The van der Waals surface area contributed by atoms with Gasteiger partial charge in [0.15, 0.2) is 0 Å². The molecule has 7 nitrogen and oxygen atoms in total. The lowest BCUT2D eigenvalue weighted by molar-refractivity contribution is 0.303. The van der Waals surface area contributed by atoms with Crippen LogP contribution in [0.15, 0.2) is 73.1 Å². The van der Waals surface area contributed by atoms with E-state index in [0.29, 0.717) is 12.2 Å². The third-order valence-corrected chi connectivity index (χ3v) is 11.8. The van der Waals surface area contributed by atoms with E-state index in [2.05, 4.69) is 76.2 Å². The summed E-state index contributed by atoms with van der Waals surface area (Å²) in [5.74, 6) is 3.36. The largest absolute Gasteiger partial charge is 0.492 e. The van der Waals surface area contributed by atoms with E-state index >= 15 is 0 Å². The number of benzene rings is 2. The van der Waals surface area contributed by atoms with Crippen LogP contribution in [0.1, 0.15) is 154 Å². The molecule has 0 amide bonds. The predicted molar refractivity (Wildman–Crippen MR) is 241 cm³/mol. The molecule has 0 N–H and O–H groups in total. The fourth-order valence-corrected chi connectivity index (χ4v) is 8.00. The summed E-state index contributed by atoms with van der Waals surface area (Å²) in [5, 5.41) is 0. The molecule has 2 fully saturated rings. The Balaban J connectivity index is 1.16. The van der Waals surface area contributed by atoms with E-state index in [1.807, 2.05) is 24.5 Å². The second-order valence-electron chi connectivity index (χ2n) is 16.9. The van der Waals surface area contributed by atoms with E-state index in [-0.39, 0.29) is 12.2 Å². The van der Waals surface area contributed by atoms with Crippen LogP contribution in [0.5, 0.6) is 23.0 Å². The molecular weight excluding hydrogens is 733 g/mol. The molecule has 320 valence electrons. The zero-order valence-corrected chi connectivity index (χ0v) is 36.7. The van der Waals surface area contributed by atoms with Crippen molar-refractivity contribution in [2.24, 2.45) is 0 Å². The van der Waals surface area contributed by atoms with Gasteiger partial charge in [-0.3, -0.25) is 9.97 Å². The van der Waals surface area contributed by atoms with Crippen molar-refractivity contribution in [3.8, 4) is 45.5 Å². The smallest absolute Gasteiger partial charge is 0.137 e. The van der Waals surface area contributed by atoms with E-state index in [1.54, 1.807) is 0 Å². The van der Waals surface area contributed by atoms with Crippen LogP contribution in [0, 0.1) is 0 Å². The van der Waals surface area contributed by atoms with Gasteiger partial charge in [0.05, 0.1) is 61.4 Å². The standard InChI is InChI=1S/C52H72N2O5/c1-5-9-13-15-17-19-31-55-43-25-27-45(53-37-43)39-23-29-47(41(33-39)35-51-49(58-51)21-11-7-3)57-48-30-24-40(34-42(48)36-52-50(59-52)22-12-8-4)46-28-26-44(38-54-46)56-32-20-18-16-14-10-6-2/h23-30,33-34,37-38,49-52H,5-22,31-32,35-36H2,1-4H3/t49-,50-,51-,52-/m0/s1. The fourth-order valence-electron chi connectivity index (χ4n) is 8.00. The molecule has 0 radical (unpaired) electrons. The van der Waals surface area contributed by atoms with Crippen LogP contribution in [-0.2, 0) is 22.3 Å². The highest BCUT2D eigenvalue weighted by Crippen LogP contribution is 2.40. The van der Waals surface area contributed by atoms with Crippen molar-refractivity contribution in [2.45, 2.75) is 181 Å². The Morgan fingerprint density at radius 2 is 0.881 bits per heavy atom. The molecule has 6 rings (SSSR count). The van der Waals surface area contributed by atoms with Crippen molar-refractivity contribution in [3.05, 3.63) is 84.2 Å². The number of epoxide rings is 2. The Labute approximate surface area is 356 Å². The summed E-state index contributed by atoms with van der Waals surface area (Å²) in [6.07, 6.45) is 28.2. The molecule has 0 aliphatic carbocycles. The predicted octanol–water partition coefficient (Wildman–Crippen LogP) is 14.1. The lowest BCUT2D eigenvalue weighted by atomic mass is 9.99. The number of aromatic nitrogens is 2. The lowest BCUT2D eigenvalue weighted by Gasteiger charge is -2.16. The quantitative estimate of drug-likeness (QED) is 0.0384. The maximum absolute atomic E-state index is 6.93. The van der Waals surface area contributed by atoms with Crippen LogP contribution in [-0.4, -0.2) is 47.6 Å². The summed E-state index contributed by atoms with van der Waals surface area (Å²) in [6.45, 7) is 10.5. The molecule has 59 heavy (non-hydrogen) atoms. The molecule has 2 aromatic heterocycles. The minimum atomic E-state index is 0.203. The van der Waals surface area contributed by atoms with Gasteiger partial charge in [0.25, 0.3) is 0 Å². The molecule has 2 saturated heterocycles. The lowest BCUT2D eigenvalue weighted by Crippen LogP contribution is -2.04. The number of nitrogens with zero attached hydrogens (tertiary/aromatic N) is 2. The van der Waals surface area contributed by atoms with Gasteiger partial charge >= 0.3 is 0 Å². The van der Waals surface area contributed by atoms with Gasteiger partial charge in [-0.15, -0.1) is 0 Å². The summed E-state index contributed by atoms with van der Waals surface area (Å²) < 4.78 is 31.4. The number of ether oxygens (including phenoxy) is 5. The molecule has 4 atom stereocenters. The van der Waals surface area contributed by atoms with Crippen LogP contribution < -0.4 is 14.2 Å². The van der Waals surface area contributed by atoms with E-state index in [4.69, 9.17) is 33.7 Å². The minimum absolute atomic E-state index is 0.203. The van der Waals surface area contributed by atoms with Gasteiger partial charge < -0.3 is 23.7 Å². The van der Waals surface area contributed by atoms with Crippen LogP contribution in [0.3, 0.4) is 0 Å². The first-order valence-electron chi connectivity index (χ1n) is 23.5. The molecule has 4 heterocycles. The summed E-state index contributed by atoms with van der Waals surface area (Å²) in [4.78, 5) is 9.65. The number of hydrogen-bond donors (Lipinski definition) is 0. The van der Waals surface area contributed by atoms with Crippen LogP contribution >= 0.6 is 0 Å². The monoisotopic (exact) mass is 805 g/mol. The summed E-state index contributed by atoms with van der Waals surface area (Å²) in [6, 6.07) is 21.2. The molecule has 2 aliphatic rings. The van der Waals surface area contributed by atoms with Crippen molar-refractivity contribution in [1.29, 1.82) is 0 Å². The van der Waals surface area contributed by atoms with Crippen molar-refractivity contribution in [1.82, 2.24) is 9.97 Å². The minimum Gasteiger partial charge on any atom is -0.492 e. The van der Waals surface area contributed by atoms with Gasteiger partial charge in [0, 0.05) is 24.0 Å². The maximum Gasteiger partial charge on any atom is 0.137 e. The average Bonchev–Trinajstić information content (AvgIpc) is 4.20. The molecule has 0 unspecified atom stereocenters. The van der Waals surface area contributed by atoms with Crippen molar-refractivity contribution in [3.63, 3.8) is 0 Å². The Hall–Kier alpha value is -3.94. The molecule has 2 aliphatic heterocycles. The zero-order valence-electron chi connectivity index (χ0n) is 36.7. The first kappa shape index (κ1) is 44.6. The number of rotatable bonds is 30.